The Labute approximate surface area is 143 Å². The van der Waals surface area contributed by atoms with Gasteiger partial charge in [0.05, 0.1) is 4.75 Å². The lowest BCUT2D eigenvalue weighted by Gasteiger charge is -2.25. The van der Waals surface area contributed by atoms with Crippen LogP contribution >= 0.6 is 0 Å². The van der Waals surface area contributed by atoms with Crippen LogP contribution in [0.4, 0.5) is 4.39 Å². The quantitative estimate of drug-likeness (QED) is 0.603. The third-order valence-corrected chi connectivity index (χ3v) is 6.95. The number of benzene rings is 1. The summed E-state index contributed by atoms with van der Waals surface area (Å²) in [6.45, 7) is 4.25. The molecule has 0 amide bonds. The lowest BCUT2D eigenvalue weighted by molar-refractivity contribution is 0.543. The van der Waals surface area contributed by atoms with Gasteiger partial charge < -0.3 is 10.6 Å². The summed E-state index contributed by atoms with van der Waals surface area (Å²) < 4.78 is 36.1. The van der Waals surface area contributed by atoms with E-state index in [1.54, 1.807) is 33.0 Å². The predicted molar refractivity (Wildman–Crippen MR) is 95.6 cm³/mol. The number of rotatable bonds is 6. The van der Waals surface area contributed by atoms with E-state index in [0.29, 0.717) is 12.5 Å². The zero-order chi connectivity index (χ0) is 18.0. The Hall–Kier alpha value is -1.63. The molecule has 0 atom stereocenters. The second-order valence-corrected chi connectivity index (χ2v) is 9.75. The minimum absolute atomic E-state index is 0.0634. The minimum atomic E-state index is -3.17. The maximum atomic E-state index is 13.4. The van der Waals surface area contributed by atoms with Crippen molar-refractivity contribution < 1.29 is 12.8 Å². The van der Waals surface area contributed by atoms with Gasteiger partial charge in [-0.25, -0.2) is 12.8 Å². The molecule has 0 bridgehead atoms. The number of guanidine groups is 1. The fourth-order valence-corrected chi connectivity index (χ4v) is 2.77. The van der Waals surface area contributed by atoms with Crippen molar-refractivity contribution in [3.8, 4) is 0 Å². The van der Waals surface area contributed by atoms with Gasteiger partial charge >= 0.3 is 0 Å². The van der Waals surface area contributed by atoms with E-state index in [2.05, 4.69) is 15.6 Å². The lowest BCUT2D eigenvalue weighted by atomic mass is 9.96. The molecule has 7 heteroatoms. The first-order valence-corrected chi connectivity index (χ1v) is 9.89. The second-order valence-electron chi connectivity index (χ2n) is 7.10. The topological polar surface area (TPSA) is 70.6 Å². The van der Waals surface area contributed by atoms with Gasteiger partial charge in [0, 0.05) is 31.8 Å². The van der Waals surface area contributed by atoms with Gasteiger partial charge in [0.25, 0.3) is 0 Å². The Morgan fingerprint density at radius 2 is 2.00 bits per heavy atom. The van der Waals surface area contributed by atoms with Crippen LogP contribution in [0.25, 0.3) is 0 Å². The Kier molecular flexibility index (Phi) is 5.22. The van der Waals surface area contributed by atoms with Crippen molar-refractivity contribution in [1.29, 1.82) is 0 Å². The third kappa shape index (κ3) is 4.26. The maximum Gasteiger partial charge on any atom is 0.191 e. The molecule has 0 radical (unpaired) electrons. The van der Waals surface area contributed by atoms with Crippen LogP contribution < -0.4 is 10.6 Å². The van der Waals surface area contributed by atoms with Gasteiger partial charge in [0.1, 0.15) is 5.82 Å². The van der Waals surface area contributed by atoms with Gasteiger partial charge in [-0.15, -0.1) is 0 Å². The monoisotopic (exact) mass is 355 g/mol. The normalized spacial score (nSPS) is 17.5. The van der Waals surface area contributed by atoms with Crippen molar-refractivity contribution in [2.75, 3.05) is 26.4 Å². The SMILES string of the molecule is CN=C(NCC1(c2cccc(F)c2)CC1)NCC(C)(C)S(C)(=O)=O. The van der Waals surface area contributed by atoms with Gasteiger partial charge in [-0.05, 0) is 44.4 Å². The molecule has 0 saturated heterocycles. The molecule has 0 heterocycles. The van der Waals surface area contributed by atoms with Crippen molar-refractivity contribution in [2.45, 2.75) is 36.9 Å². The third-order valence-electron chi connectivity index (χ3n) is 4.79. The van der Waals surface area contributed by atoms with Crippen LogP contribution in [-0.2, 0) is 15.3 Å². The van der Waals surface area contributed by atoms with Gasteiger partial charge in [0.2, 0.25) is 0 Å². The van der Waals surface area contributed by atoms with Crippen LogP contribution in [0.15, 0.2) is 29.3 Å². The number of nitrogens with zero attached hydrogens (tertiary/aromatic N) is 1. The largest absolute Gasteiger partial charge is 0.356 e. The van der Waals surface area contributed by atoms with Crippen molar-refractivity contribution in [1.82, 2.24) is 10.6 Å². The number of nitrogens with one attached hydrogen (secondary N) is 2. The fraction of sp³-hybridized carbons (Fsp3) is 0.588. The standard InChI is InChI=1S/C17H26FN3O2S/c1-16(2,24(4,22)23)11-20-15(19-3)21-12-17(8-9-17)13-6-5-7-14(18)10-13/h5-7,10H,8-9,11-12H2,1-4H3,(H2,19,20,21). The van der Waals surface area contributed by atoms with Crippen LogP contribution in [0.2, 0.25) is 0 Å². The molecule has 1 aromatic carbocycles. The molecule has 134 valence electrons. The Bertz CT molecular complexity index is 725. The molecule has 1 aromatic rings. The number of hydrogen-bond donors (Lipinski definition) is 2. The first-order valence-electron chi connectivity index (χ1n) is 8.00. The van der Waals surface area contributed by atoms with E-state index in [1.807, 2.05) is 6.07 Å². The maximum absolute atomic E-state index is 13.4. The molecule has 24 heavy (non-hydrogen) atoms. The van der Waals surface area contributed by atoms with Gasteiger partial charge in [-0.2, -0.15) is 0 Å². The highest BCUT2D eigenvalue weighted by Crippen LogP contribution is 2.47. The van der Waals surface area contributed by atoms with Gasteiger partial charge in [-0.3, -0.25) is 4.99 Å². The summed E-state index contributed by atoms with van der Waals surface area (Å²) in [6.07, 6.45) is 3.22. The van der Waals surface area contributed by atoms with Gasteiger partial charge in [0.15, 0.2) is 15.8 Å². The average Bonchev–Trinajstić information content (AvgIpc) is 3.27. The van der Waals surface area contributed by atoms with E-state index < -0.39 is 14.6 Å². The number of hydrogen-bond acceptors (Lipinski definition) is 3. The van der Waals surface area contributed by atoms with Crippen molar-refractivity contribution in [3.63, 3.8) is 0 Å². The Morgan fingerprint density at radius 1 is 1.33 bits per heavy atom. The minimum Gasteiger partial charge on any atom is -0.356 e. The zero-order valence-electron chi connectivity index (χ0n) is 14.7. The Morgan fingerprint density at radius 3 is 2.50 bits per heavy atom. The molecule has 1 saturated carbocycles. The first-order chi connectivity index (χ1) is 11.1. The number of halogens is 1. The van der Waals surface area contributed by atoms with E-state index in [0.717, 1.165) is 18.4 Å². The summed E-state index contributed by atoms with van der Waals surface area (Å²) >= 11 is 0. The molecule has 0 aromatic heterocycles. The molecule has 2 rings (SSSR count). The molecule has 0 unspecified atom stereocenters. The summed E-state index contributed by atoms with van der Waals surface area (Å²) in [5.41, 5.74) is 0.924. The molecule has 1 fully saturated rings. The Balaban J connectivity index is 1.95. The molecular weight excluding hydrogens is 329 g/mol. The van der Waals surface area contributed by atoms with Crippen LogP contribution in [0.5, 0.6) is 0 Å². The highest BCUT2D eigenvalue weighted by Gasteiger charge is 2.44. The molecule has 1 aliphatic rings. The van der Waals surface area contributed by atoms with Crippen LogP contribution in [0.3, 0.4) is 0 Å². The van der Waals surface area contributed by atoms with E-state index >= 15 is 0 Å². The fourth-order valence-electron chi connectivity index (χ4n) is 2.44. The van der Waals surface area contributed by atoms with Crippen molar-refractivity contribution >= 4 is 15.8 Å². The molecule has 5 nitrogen and oxygen atoms in total. The predicted octanol–water partition coefficient (Wildman–Crippen LogP) is 1.85. The van der Waals surface area contributed by atoms with Crippen LogP contribution in [0, 0.1) is 5.82 Å². The highest BCUT2D eigenvalue weighted by molar-refractivity contribution is 7.92. The highest BCUT2D eigenvalue weighted by atomic mass is 32.2. The van der Waals surface area contributed by atoms with Gasteiger partial charge in [-0.1, -0.05) is 12.1 Å². The molecular formula is C17H26FN3O2S. The molecule has 0 aliphatic heterocycles. The molecule has 1 aliphatic carbocycles. The summed E-state index contributed by atoms with van der Waals surface area (Å²) in [6, 6.07) is 6.70. The number of sulfone groups is 1. The van der Waals surface area contributed by atoms with E-state index in [-0.39, 0.29) is 17.8 Å². The van der Waals surface area contributed by atoms with Crippen LogP contribution in [0.1, 0.15) is 32.3 Å². The first kappa shape index (κ1) is 18.7. The lowest BCUT2D eigenvalue weighted by Crippen LogP contribution is -2.48. The zero-order valence-corrected chi connectivity index (χ0v) is 15.5. The van der Waals surface area contributed by atoms with Crippen molar-refractivity contribution in [2.24, 2.45) is 4.99 Å². The smallest absolute Gasteiger partial charge is 0.191 e. The second kappa shape index (κ2) is 6.70. The van der Waals surface area contributed by atoms with E-state index in [9.17, 15) is 12.8 Å². The number of aliphatic imine (C=N–C) groups is 1. The summed E-state index contributed by atoms with van der Waals surface area (Å²) in [7, 11) is -1.53. The summed E-state index contributed by atoms with van der Waals surface area (Å²) in [5.74, 6) is 0.325. The molecule has 0 spiro atoms. The average molecular weight is 355 g/mol. The summed E-state index contributed by atoms with van der Waals surface area (Å²) in [5, 5.41) is 6.30. The van der Waals surface area contributed by atoms with E-state index in [1.165, 1.54) is 12.3 Å². The summed E-state index contributed by atoms with van der Waals surface area (Å²) in [4.78, 5) is 4.14. The van der Waals surface area contributed by atoms with Crippen LogP contribution in [-0.4, -0.2) is 45.5 Å². The van der Waals surface area contributed by atoms with E-state index in [4.69, 9.17) is 0 Å². The molecule has 2 N–H and O–H groups in total. The van der Waals surface area contributed by atoms with Crippen molar-refractivity contribution in [3.05, 3.63) is 35.6 Å².